The fourth-order valence-corrected chi connectivity index (χ4v) is 1.13. The van der Waals surface area contributed by atoms with Crippen molar-refractivity contribution < 1.29 is 24.9 Å². The van der Waals surface area contributed by atoms with Crippen LogP contribution in [0.15, 0.2) is 0 Å². The minimum absolute atomic E-state index is 0.363. The number of aliphatic hydroxyl groups is 3. The van der Waals surface area contributed by atoms with E-state index in [1.54, 1.807) is 6.92 Å². The van der Waals surface area contributed by atoms with Crippen molar-refractivity contribution in [2.75, 3.05) is 0 Å². The molecule has 3 N–H and O–H groups in total. The molecule has 1 aliphatic heterocycles. The summed E-state index contributed by atoms with van der Waals surface area (Å²) in [6, 6.07) is 0. The average Bonchev–Trinajstić information content (AvgIpc) is 2.32. The van der Waals surface area contributed by atoms with Crippen LogP contribution >= 0.6 is 0 Å². The Kier molecular flexibility index (Phi) is 2.66. The molecule has 0 aromatic carbocycles. The van der Waals surface area contributed by atoms with Crippen LogP contribution in [-0.4, -0.2) is 45.7 Å². The summed E-state index contributed by atoms with van der Waals surface area (Å²) in [7, 11) is 0. The predicted octanol–water partition coefficient (Wildman–Crippen LogP) is -1.60. The second-order valence-corrected chi connectivity index (χ2v) is 2.81. The molecular weight excluding hydrogens is 164 g/mol. The predicted molar refractivity (Wildman–Crippen MR) is 38.2 cm³/mol. The topological polar surface area (TPSA) is 87.0 Å². The summed E-state index contributed by atoms with van der Waals surface area (Å²) in [4.78, 5) is 10.7. The third kappa shape index (κ3) is 1.43. The second-order valence-electron chi connectivity index (χ2n) is 2.81. The van der Waals surface area contributed by atoms with E-state index in [2.05, 4.69) is 4.74 Å². The lowest BCUT2D eigenvalue weighted by atomic mass is 10.0. The first-order valence-corrected chi connectivity index (χ1v) is 3.82. The van der Waals surface area contributed by atoms with Gasteiger partial charge in [0.2, 0.25) is 0 Å². The molecule has 1 heterocycles. The normalized spacial score (nSPS) is 38.0. The van der Waals surface area contributed by atoms with E-state index in [1.807, 2.05) is 0 Å². The summed E-state index contributed by atoms with van der Waals surface area (Å²) in [6.07, 6.45) is -4.37. The Hall–Kier alpha value is -0.650. The van der Waals surface area contributed by atoms with Crippen molar-refractivity contribution in [2.45, 2.75) is 37.8 Å². The van der Waals surface area contributed by atoms with Crippen molar-refractivity contribution in [3.63, 3.8) is 0 Å². The Morgan fingerprint density at radius 1 is 1.58 bits per heavy atom. The molecule has 0 bridgehead atoms. The molecule has 1 rings (SSSR count). The molecule has 0 aromatic heterocycles. The van der Waals surface area contributed by atoms with Crippen molar-refractivity contribution in [3.8, 4) is 0 Å². The van der Waals surface area contributed by atoms with E-state index in [-0.39, 0.29) is 0 Å². The number of cyclic esters (lactones) is 1. The maximum absolute atomic E-state index is 10.7. The van der Waals surface area contributed by atoms with Crippen LogP contribution in [0.3, 0.4) is 0 Å². The highest BCUT2D eigenvalue weighted by Gasteiger charge is 2.45. The van der Waals surface area contributed by atoms with Gasteiger partial charge in [0.15, 0.2) is 12.2 Å². The molecule has 4 atom stereocenters. The highest BCUT2D eigenvalue weighted by Crippen LogP contribution is 2.19. The lowest BCUT2D eigenvalue weighted by Crippen LogP contribution is -2.38. The summed E-state index contributed by atoms with van der Waals surface area (Å²) >= 11 is 0. The fraction of sp³-hybridized carbons (Fsp3) is 0.857. The average molecular weight is 176 g/mol. The molecule has 0 aliphatic carbocycles. The third-order valence-electron chi connectivity index (χ3n) is 1.95. The van der Waals surface area contributed by atoms with Crippen molar-refractivity contribution in [1.82, 2.24) is 0 Å². The summed E-state index contributed by atoms with van der Waals surface area (Å²) in [5.74, 6) is -0.875. The number of hydrogen-bond acceptors (Lipinski definition) is 5. The van der Waals surface area contributed by atoms with Crippen LogP contribution in [0.4, 0.5) is 0 Å². The van der Waals surface area contributed by atoms with Crippen LogP contribution in [0, 0.1) is 0 Å². The van der Waals surface area contributed by atoms with Gasteiger partial charge in [-0.25, -0.2) is 4.79 Å². The molecule has 0 spiro atoms. The molecule has 1 saturated heterocycles. The van der Waals surface area contributed by atoms with Gasteiger partial charge in [-0.2, -0.15) is 0 Å². The Morgan fingerprint density at radius 3 is 2.50 bits per heavy atom. The molecule has 12 heavy (non-hydrogen) atoms. The highest BCUT2D eigenvalue weighted by molar-refractivity contribution is 5.77. The molecule has 5 nitrogen and oxygen atoms in total. The SMILES string of the molecule is CCC(O)C1OC(=O)C(O)C1O. The number of esters is 1. The van der Waals surface area contributed by atoms with Gasteiger partial charge in [0, 0.05) is 0 Å². The molecule has 0 saturated carbocycles. The van der Waals surface area contributed by atoms with Crippen molar-refractivity contribution in [3.05, 3.63) is 0 Å². The standard InChI is InChI=1S/C7H12O5/c1-2-3(8)6-4(9)5(10)7(11)12-6/h3-6,8-10H,2H2,1H3. The molecule has 0 aromatic rings. The van der Waals surface area contributed by atoms with Gasteiger partial charge < -0.3 is 20.1 Å². The number of aliphatic hydroxyl groups excluding tert-OH is 3. The molecule has 0 radical (unpaired) electrons. The zero-order valence-corrected chi connectivity index (χ0v) is 6.67. The fourth-order valence-electron chi connectivity index (χ4n) is 1.13. The Bertz CT molecular complexity index is 181. The van der Waals surface area contributed by atoms with E-state index in [0.717, 1.165) is 0 Å². The minimum Gasteiger partial charge on any atom is -0.455 e. The number of carbonyl (C=O) groups is 1. The summed E-state index contributed by atoms with van der Waals surface area (Å²) in [5.41, 5.74) is 0. The van der Waals surface area contributed by atoms with Gasteiger partial charge in [-0.3, -0.25) is 0 Å². The first-order chi connectivity index (χ1) is 5.57. The Morgan fingerprint density at radius 2 is 2.17 bits per heavy atom. The molecule has 0 amide bonds. The van der Waals surface area contributed by atoms with Crippen molar-refractivity contribution in [1.29, 1.82) is 0 Å². The van der Waals surface area contributed by atoms with E-state index < -0.39 is 30.4 Å². The third-order valence-corrected chi connectivity index (χ3v) is 1.95. The number of hydrogen-bond donors (Lipinski definition) is 3. The summed E-state index contributed by atoms with van der Waals surface area (Å²) in [6.45, 7) is 1.69. The Balaban J connectivity index is 2.64. The maximum Gasteiger partial charge on any atom is 0.338 e. The lowest BCUT2D eigenvalue weighted by Gasteiger charge is -2.18. The number of carbonyl (C=O) groups excluding carboxylic acids is 1. The quantitative estimate of drug-likeness (QED) is 0.441. The summed E-state index contributed by atoms with van der Waals surface area (Å²) in [5, 5.41) is 27.3. The van der Waals surface area contributed by atoms with E-state index in [4.69, 9.17) is 5.11 Å². The first kappa shape index (κ1) is 9.44. The minimum atomic E-state index is -1.52. The van der Waals surface area contributed by atoms with E-state index in [9.17, 15) is 15.0 Å². The van der Waals surface area contributed by atoms with Crippen molar-refractivity contribution in [2.24, 2.45) is 0 Å². The van der Waals surface area contributed by atoms with Crippen LogP contribution in [-0.2, 0) is 9.53 Å². The van der Waals surface area contributed by atoms with Gasteiger partial charge in [-0.05, 0) is 6.42 Å². The lowest BCUT2D eigenvalue weighted by molar-refractivity contribution is -0.150. The second kappa shape index (κ2) is 3.38. The number of ether oxygens (including phenoxy) is 1. The van der Waals surface area contributed by atoms with E-state index >= 15 is 0 Å². The molecule has 1 aliphatic rings. The van der Waals surface area contributed by atoms with Gasteiger partial charge in [0.05, 0.1) is 6.10 Å². The van der Waals surface area contributed by atoms with Crippen LogP contribution in [0.25, 0.3) is 0 Å². The molecule has 1 fully saturated rings. The van der Waals surface area contributed by atoms with Crippen LogP contribution in [0.1, 0.15) is 13.3 Å². The highest BCUT2D eigenvalue weighted by atomic mass is 16.6. The van der Waals surface area contributed by atoms with Gasteiger partial charge in [0.1, 0.15) is 6.10 Å². The van der Waals surface area contributed by atoms with Crippen LogP contribution in [0.5, 0.6) is 0 Å². The largest absolute Gasteiger partial charge is 0.455 e. The van der Waals surface area contributed by atoms with Crippen LogP contribution in [0.2, 0.25) is 0 Å². The van der Waals surface area contributed by atoms with Gasteiger partial charge >= 0.3 is 5.97 Å². The van der Waals surface area contributed by atoms with Crippen LogP contribution < -0.4 is 0 Å². The monoisotopic (exact) mass is 176 g/mol. The van der Waals surface area contributed by atoms with E-state index in [1.165, 1.54) is 0 Å². The first-order valence-electron chi connectivity index (χ1n) is 3.82. The molecule has 70 valence electrons. The van der Waals surface area contributed by atoms with Gasteiger partial charge in [-0.1, -0.05) is 6.92 Å². The maximum atomic E-state index is 10.7. The van der Waals surface area contributed by atoms with Crippen molar-refractivity contribution >= 4 is 5.97 Å². The van der Waals surface area contributed by atoms with Gasteiger partial charge in [-0.15, -0.1) is 0 Å². The zero-order chi connectivity index (χ0) is 9.30. The molecule has 4 unspecified atom stereocenters. The number of rotatable bonds is 2. The van der Waals surface area contributed by atoms with E-state index in [0.29, 0.717) is 6.42 Å². The summed E-state index contributed by atoms with van der Waals surface area (Å²) < 4.78 is 4.55. The smallest absolute Gasteiger partial charge is 0.338 e. The zero-order valence-electron chi connectivity index (χ0n) is 6.67. The Labute approximate surface area is 69.6 Å². The van der Waals surface area contributed by atoms with Gasteiger partial charge in [0.25, 0.3) is 0 Å². The molecule has 5 heteroatoms. The molecular formula is C7H12O5.